The second-order valence-electron chi connectivity index (χ2n) is 3.35. The van der Waals surface area contributed by atoms with Gasteiger partial charge in [0.2, 0.25) is 0 Å². The van der Waals surface area contributed by atoms with E-state index in [2.05, 4.69) is 38.5 Å². The van der Waals surface area contributed by atoms with Crippen LogP contribution in [0, 0.1) is 10.5 Å². The van der Waals surface area contributed by atoms with Gasteiger partial charge in [-0.3, -0.25) is 0 Å². The third-order valence-corrected chi connectivity index (χ3v) is 3.90. The molecule has 0 amide bonds. The molecular weight excluding hydrogens is 383 g/mol. The summed E-state index contributed by atoms with van der Waals surface area (Å²) in [5.74, 6) is 2.59. The van der Waals surface area contributed by atoms with Crippen molar-refractivity contribution in [1.82, 2.24) is 0 Å². The molecular formula is C12H10BrIO2. The summed E-state index contributed by atoms with van der Waals surface area (Å²) in [7, 11) is 1.67. The number of halogens is 2. The summed E-state index contributed by atoms with van der Waals surface area (Å²) in [5, 5.41) is 0. The minimum absolute atomic E-state index is 0.840. The highest BCUT2D eigenvalue weighted by molar-refractivity contribution is 14.1. The molecule has 0 unspecified atom stereocenters. The number of methoxy groups -OCH3 is 1. The molecule has 4 heteroatoms. The van der Waals surface area contributed by atoms with E-state index in [9.17, 15) is 0 Å². The maximum Gasteiger partial charge on any atom is 0.147 e. The molecule has 0 N–H and O–H groups in total. The minimum Gasteiger partial charge on any atom is -0.494 e. The average Bonchev–Trinajstić information content (AvgIpc) is 2.65. The highest BCUT2D eigenvalue weighted by atomic mass is 127. The van der Waals surface area contributed by atoms with Gasteiger partial charge in [0.25, 0.3) is 0 Å². The molecule has 0 atom stereocenters. The lowest BCUT2D eigenvalue weighted by molar-refractivity contribution is 0.409. The molecule has 1 aromatic heterocycles. The minimum atomic E-state index is 0.840. The maximum absolute atomic E-state index is 5.60. The first-order valence-electron chi connectivity index (χ1n) is 4.72. The smallest absolute Gasteiger partial charge is 0.147 e. The highest BCUT2D eigenvalue weighted by Crippen LogP contribution is 2.39. The number of furan rings is 1. The molecule has 16 heavy (non-hydrogen) atoms. The van der Waals surface area contributed by atoms with Gasteiger partial charge in [0.15, 0.2) is 0 Å². The van der Waals surface area contributed by atoms with Crippen molar-refractivity contribution < 1.29 is 9.15 Å². The predicted molar refractivity (Wildman–Crippen MR) is 75.9 cm³/mol. The second kappa shape index (κ2) is 4.79. The highest BCUT2D eigenvalue weighted by Gasteiger charge is 2.13. The van der Waals surface area contributed by atoms with E-state index in [1.54, 1.807) is 7.11 Å². The zero-order chi connectivity index (χ0) is 11.7. The first-order valence-corrected chi connectivity index (χ1v) is 6.59. The van der Waals surface area contributed by atoms with Crippen LogP contribution in [0.3, 0.4) is 0 Å². The van der Waals surface area contributed by atoms with E-state index >= 15 is 0 Å². The third kappa shape index (κ3) is 2.13. The fraction of sp³-hybridized carbons (Fsp3) is 0.167. The van der Waals surface area contributed by atoms with Gasteiger partial charge in [-0.05, 0) is 69.7 Å². The molecule has 0 bridgehead atoms. The van der Waals surface area contributed by atoms with Gasteiger partial charge in [-0.1, -0.05) is 0 Å². The predicted octanol–water partition coefficient (Wildman–Crippen LogP) is 4.63. The van der Waals surface area contributed by atoms with E-state index in [-0.39, 0.29) is 0 Å². The Balaban J connectivity index is 2.58. The fourth-order valence-corrected chi connectivity index (χ4v) is 3.23. The van der Waals surface area contributed by atoms with E-state index in [1.165, 1.54) is 0 Å². The van der Waals surface area contributed by atoms with Gasteiger partial charge in [-0.2, -0.15) is 0 Å². The Hall–Kier alpha value is -0.490. The first-order chi connectivity index (χ1) is 7.63. The van der Waals surface area contributed by atoms with E-state index in [0.717, 1.165) is 30.9 Å². The van der Waals surface area contributed by atoms with Gasteiger partial charge in [0, 0.05) is 5.56 Å². The Morgan fingerprint density at radius 2 is 2.00 bits per heavy atom. The Labute approximate surface area is 116 Å². The Morgan fingerprint density at radius 3 is 2.56 bits per heavy atom. The summed E-state index contributed by atoms with van der Waals surface area (Å²) in [6.45, 7) is 1.93. The van der Waals surface area contributed by atoms with Crippen LogP contribution in [-0.2, 0) is 0 Å². The van der Waals surface area contributed by atoms with Crippen LogP contribution in [0.4, 0.5) is 0 Å². The van der Waals surface area contributed by atoms with Crippen molar-refractivity contribution in [1.29, 1.82) is 0 Å². The number of hydrogen-bond acceptors (Lipinski definition) is 2. The molecule has 0 radical (unpaired) electrons. The number of aryl methyl sites for hydroxylation is 1. The lowest BCUT2D eigenvalue weighted by atomic mass is 10.1. The number of rotatable bonds is 2. The number of hydrogen-bond donors (Lipinski definition) is 0. The summed E-state index contributed by atoms with van der Waals surface area (Å²) in [5.41, 5.74) is 1.00. The van der Waals surface area contributed by atoms with Crippen LogP contribution in [0.1, 0.15) is 5.76 Å². The SMILES string of the molecule is COc1c(I)ccc(-c2ccc(C)o2)c1Br. The fourth-order valence-electron chi connectivity index (χ4n) is 1.49. The number of benzene rings is 1. The Bertz CT molecular complexity index is 520. The van der Waals surface area contributed by atoms with Crippen LogP contribution in [0.15, 0.2) is 33.2 Å². The molecule has 84 valence electrons. The quantitative estimate of drug-likeness (QED) is 0.695. The molecule has 1 heterocycles. The van der Waals surface area contributed by atoms with Crippen molar-refractivity contribution in [2.75, 3.05) is 7.11 Å². The van der Waals surface area contributed by atoms with E-state index in [1.807, 2.05) is 31.2 Å². The van der Waals surface area contributed by atoms with Crippen molar-refractivity contribution in [2.24, 2.45) is 0 Å². The first kappa shape index (κ1) is 12.0. The molecule has 0 saturated carbocycles. The molecule has 1 aromatic carbocycles. The molecule has 0 aliphatic carbocycles. The van der Waals surface area contributed by atoms with Crippen LogP contribution in [0.2, 0.25) is 0 Å². The summed E-state index contributed by atoms with van der Waals surface area (Å²) in [4.78, 5) is 0. The topological polar surface area (TPSA) is 22.4 Å². The van der Waals surface area contributed by atoms with E-state index in [0.29, 0.717) is 0 Å². The molecule has 0 saturated heterocycles. The van der Waals surface area contributed by atoms with Crippen molar-refractivity contribution in [3.63, 3.8) is 0 Å². The zero-order valence-corrected chi connectivity index (χ0v) is 12.6. The molecule has 2 nitrogen and oxygen atoms in total. The van der Waals surface area contributed by atoms with Crippen molar-refractivity contribution in [3.05, 3.63) is 38.1 Å². The van der Waals surface area contributed by atoms with Crippen LogP contribution in [0.5, 0.6) is 5.75 Å². The van der Waals surface area contributed by atoms with Crippen LogP contribution in [-0.4, -0.2) is 7.11 Å². The monoisotopic (exact) mass is 392 g/mol. The van der Waals surface area contributed by atoms with Crippen LogP contribution >= 0.6 is 38.5 Å². The lowest BCUT2D eigenvalue weighted by Crippen LogP contribution is -1.90. The summed E-state index contributed by atoms with van der Waals surface area (Å²) in [6, 6.07) is 7.94. The molecule has 0 aliphatic rings. The van der Waals surface area contributed by atoms with E-state index in [4.69, 9.17) is 9.15 Å². The second-order valence-corrected chi connectivity index (χ2v) is 5.31. The summed E-state index contributed by atoms with van der Waals surface area (Å²) < 4.78 is 12.9. The zero-order valence-electron chi connectivity index (χ0n) is 8.88. The van der Waals surface area contributed by atoms with Gasteiger partial charge in [-0.25, -0.2) is 0 Å². The average molecular weight is 393 g/mol. The molecule has 2 aromatic rings. The van der Waals surface area contributed by atoms with Gasteiger partial charge >= 0.3 is 0 Å². The molecule has 0 fully saturated rings. The largest absolute Gasteiger partial charge is 0.494 e. The Kier molecular flexibility index (Phi) is 3.59. The van der Waals surface area contributed by atoms with Gasteiger partial charge in [0.05, 0.1) is 15.2 Å². The van der Waals surface area contributed by atoms with Crippen LogP contribution < -0.4 is 4.74 Å². The normalized spacial score (nSPS) is 10.5. The lowest BCUT2D eigenvalue weighted by Gasteiger charge is -2.09. The van der Waals surface area contributed by atoms with Gasteiger partial charge in [0.1, 0.15) is 17.3 Å². The van der Waals surface area contributed by atoms with Crippen molar-refractivity contribution >= 4 is 38.5 Å². The maximum atomic E-state index is 5.60. The summed E-state index contributed by atoms with van der Waals surface area (Å²) in [6.07, 6.45) is 0. The standard InChI is InChI=1S/C12H10BrIO2/c1-7-3-6-10(16-7)8-4-5-9(14)12(15-2)11(8)13/h3-6H,1-2H3. The van der Waals surface area contributed by atoms with Gasteiger partial charge in [-0.15, -0.1) is 0 Å². The van der Waals surface area contributed by atoms with Crippen LogP contribution in [0.25, 0.3) is 11.3 Å². The van der Waals surface area contributed by atoms with Gasteiger partial charge < -0.3 is 9.15 Å². The number of ether oxygens (including phenoxy) is 1. The third-order valence-electron chi connectivity index (χ3n) is 2.26. The van der Waals surface area contributed by atoms with E-state index < -0.39 is 0 Å². The Morgan fingerprint density at radius 1 is 1.25 bits per heavy atom. The molecule has 2 rings (SSSR count). The summed E-state index contributed by atoms with van der Waals surface area (Å²) >= 11 is 5.79. The van der Waals surface area contributed by atoms with Crippen molar-refractivity contribution in [2.45, 2.75) is 6.92 Å². The molecule has 0 spiro atoms. The molecule has 0 aliphatic heterocycles. The van der Waals surface area contributed by atoms with Crippen molar-refractivity contribution in [3.8, 4) is 17.1 Å².